The third-order valence-electron chi connectivity index (χ3n) is 1.40. The van der Waals surface area contributed by atoms with Crippen molar-refractivity contribution in [2.45, 2.75) is 6.42 Å². The van der Waals surface area contributed by atoms with Crippen LogP contribution in [0.2, 0.25) is 0 Å². The lowest BCUT2D eigenvalue weighted by Gasteiger charge is -2.44. The molecule has 0 aromatic carbocycles. The van der Waals surface area contributed by atoms with Crippen LogP contribution in [0.1, 0.15) is 6.42 Å². The first-order valence-electron chi connectivity index (χ1n) is 2.49. The Morgan fingerprint density at radius 1 is 1.44 bits per heavy atom. The van der Waals surface area contributed by atoms with Gasteiger partial charge in [0.25, 0.3) is 0 Å². The van der Waals surface area contributed by atoms with Gasteiger partial charge in [0.15, 0.2) is 0 Å². The maximum atomic E-state index is 10.8. The number of nitrogens with zero attached hydrogens (tertiary/aromatic N) is 1. The van der Waals surface area contributed by atoms with Gasteiger partial charge in [-0.2, -0.15) is 8.42 Å². The second-order valence-corrected chi connectivity index (χ2v) is 4.69. The summed E-state index contributed by atoms with van der Waals surface area (Å²) < 4.78 is 19.5. The fraction of sp³-hybridized carbons (Fsp3) is 1.00. The van der Waals surface area contributed by atoms with Crippen LogP contribution < -0.4 is 0 Å². The Morgan fingerprint density at radius 2 is 1.89 bits per heavy atom. The molecule has 1 aliphatic rings. The average Bonchev–Trinajstić information content (AvgIpc) is 1.57. The highest BCUT2D eigenvalue weighted by molar-refractivity contribution is 8.09. The summed E-state index contributed by atoms with van der Waals surface area (Å²) >= 11 is 0. The molecule has 0 unspecified atom stereocenters. The summed E-state index contributed by atoms with van der Waals surface area (Å²) in [7, 11) is 0.897. The van der Waals surface area contributed by atoms with E-state index in [1.54, 1.807) is 0 Å². The predicted molar refractivity (Wildman–Crippen MR) is 32.8 cm³/mol. The summed E-state index contributed by atoms with van der Waals surface area (Å²) in [5.74, 6) is 0. The highest BCUT2D eigenvalue weighted by Gasteiger charge is 2.38. The average molecular weight is 172 g/mol. The molecule has 6 heteroatoms. The van der Waals surface area contributed by atoms with E-state index in [1.165, 1.54) is 0 Å². The minimum Gasteiger partial charge on any atom is -0.616 e. The summed E-state index contributed by atoms with van der Waals surface area (Å²) in [6, 6.07) is 0. The Bertz CT molecular complexity index is 207. The van der Waals surface area contributed by atoms with Crippen molar-refractivity contribution in [1.29, 1.82) is 0 Å². The van der Waals surface area contributed by atoms with Gasteiger partial charge in [-0.1, -0.05) is 0 Å². The molecule has 0 bridgehead atoms. The number of hydrogen-bond donors (Lipinski definition) is 0. The van der Waals surface area contributed by atoms with Crippen LogP contribution in [-0.4, -0.2) is 25.6 Å². The van der Waals surface area contributed by atoms with Crippen molar-refractivity contribution >= 4 is 19.9 Å². The Kier molecular flexibility index (Phi) is 1.47. The molecule has 1 heterocycles. The normalized spacial score (nSPS) is 25.1. The molecule has 0 spiro atoms. The Labute approximate surface area is 57.7 Å². The van der Waals surface area contributed by atoms with Gasteiger partial charge in [-0.25, -0.2) is 4.05 Å². The maximum Gasteiger partial charge on any atom is 0.388 e. The Morgan fingerprint density at radius 3 is 1.89 bits per heavy atom. The maximum absolute atomic E-state index is 10.8. The number of rotatable bonds is 1. The molecule has 0 saturated carbocycles. The van der Waals surface area contributed by atoms with E-state index < -0.39 is 13.3 Å². The largest absolute Gasteiger partial charge is 0.616 e. The second-order valence-electron chi connectivity index (χ2n) is 2.03. The van der Waals surface area contributed by atoms with Gasteiger partial charge >= 0.3 is 9.24 Å². The van der Waals surface area contributed by atoms with E-state index in [0.29, 0.717) is 6.42 Å². The standard InChI is InChI=1S/C3H6ClNO3S/c4-9(7,8)5(6)2-1-3-5/h1-3H2. The van der Waals surface area contributed by atoms with Gasteiger partial charge in [0.05, 0.1) is 23.8 Å². The van der Waals surface area contributed by atoms with Crippen LogP contribution in [0.4, 0.5) is 0 Å². The molecule has 9 heavy (non-hydrogen) atoms. The highest BCUT2D eigenvalue weighted by Crippen LogP contribution is 2.26. The van der Waals surface area contributed by atoms with Crippen molar-refractivity contribution in [2.75, 3.05) is 13.1 Å². The molecule has 0 atom stereocenters. The highest BCUT2D eigenvalue weighted by atomic mass is 35.7. The van der Waals surface area contributed by atoms with E-state index in [0.717, 1.165) is 0 Å². The number of halogens is 1. The van der Waals surface area contributed by atoms with Crippen molar-refractivity contribution < 1.29 is 12.5 Å². The summed E-state index contributed by atoms with van der Waals surface area (Å²) in [4.78, 5) is 0. The summed E-state index contributed by atoms with van der Waals surface area (Å²) in [6.45, 7) is 0.206. The summed E-state index contributed by atoms with van der Waals surface area (Å²) in [5, 5.41) is 10.8. The molecule has 0 aromatic rings. The molecule has 0 aliphatic carbocycles. The molecule has 1 fully saturated rings. The summed E-state index contributed by atoms with van der Waals surface area (Å²) in [5.41, 5.74) is 0. The lowest BCUT2D eigenvalue weighted by molar-refractivity contribution is -0.794. The number of hydrogen-bond acceptors (Lipinski definition) is 3. The van der Waals surface area contributed by atoms with Gasteiger partial charge in [-0.15, -0.1) is 0 Å². The van der Waals surface area contributed by atoms with Crippen LogP contribution in [0.15, 0.2) is 0 Å². The molecule has 0 N–H and O–H groups in total. The molecule has 1 aliphatic heterocycles. The van der Waals surface area contributed by atoms with Crippen molar-refractivity contribution in [2.24, 2.45) is 0 Å². The van der Waals surface area contributed by atoms with E-state index in [-0.39, 0.29) is 13.1 Å². The zero-order chi connectivity index (χ0) is 7.12. The van der Waals surface area contributed by atoms with Gasteiger partial charge < -0.3 is 5.21 Å². The summed E-state index contributed by atoms with van der Waals surface area (Å²) in [6.07, 6.45) is 0.648. The smallest absolute Gasteiger partial charge is 0.388 e. The number of quaternary nitrogens is 1. The Balaban J connectivity index is 2.84. The van der Waals surface area contributed by atoms with Crippen molar-refractivity contribution in [1.82, 2.24) is 0 Å². The van der Waals surface area contributed by atoms with Crippen LogP contribution in [0, 0.1) is 5.21 Å². The third kappa shape index (κ3) is 1.05. The minimum absolute atomic E-state index is 0.103. The van der Waals surface area contributed by atoms with E-state index in [9.17, 15) is 13.6 Å². The quantitative estimate of drug-likeness (QED) is 0.322. The van der Waals surface area contributed by atoms with Crippen molar-refractivity contribution in [3.8, 4) is 0 Å². The molecule has 1 saturated heterocycles. The lowest BCUT2D eigenvalue weighted by atomic mass is 10.3. The van der Waals surface area contributed by atoms with Gasteiger partial charge in [0, 0.05) is 6.42 Å². The third-order valence-corrected chi connectivity index (χ3v) is 3.31. The van der Waals surface area contributed by atoms with Crippen LogP contribution in [0.3, 0.4) is 0 Å². The van der Waals surface area contributed by atoms with Crippen LogP contribution in [0.5, 0.6) is 0 Å². The van der Waals surface area contributed by atoms with Crippen molar-refractivity contribution in [3.05, 3.63) is 5.21 Å². The monoisotopic (exact) mass is 171 g/mol. The SMILES string of the molecule is O=S(=O)(Cl)[N+]1([O-])CCC1. The molecule has 54 valence electrons. The lowest BCUT2D eigenvalue weighted by Crippen LogP contribution is -2.54. The van der Waals surface area contributed by atoms with Gasteiger partial charge in [0.1, 0.15) is 0 Å². The molecular formula is C3H6ClNO3S. The fourth-order valence-corrected chi connectivity index (χ4v) is 1.74. The minimum atomic E-state index is -3.91. The topological polar surface area (TPSA) is 57.2 Å². The molecule has 1 rings (SSSR count). The first kappa shape index (κ1) is 7.27. The first-order chi connectivity index (χ1) is 3.96. The van der Waals surface area contributed by atoms with Gasteiger partial charge in [-0.3, -0.25) is 0 Å². The van der Waals surface area contributed by atoms with E-state index in [2.05, 4.69) is 0 Å². The predicted octanol–water partition coefficient (Wildman–Crippen LogP) is 0.188. The molecule has 0 aromatic heterocycles. The van der Waals surface area contributed by atoms with E-state index >= 15 is 0 Å². The number of hydroxylamine groups is 2. The molecule has 0 amide bonds. The van der Waals surface area contributed by atoms with E-state index in [1.807, 2.05) is 0 Å². The fourth-order valence-electron chi connectivity index (χ4n) is 0.634. The molecule has 4 nitrogen and oxygen atoms in total. The van der Waals surface area contributed by atoms with E-state index in [4.69, 9.17) is 10.7 Å². The van der Waals surface area contributed by atoms with Crippen LogP contribution >= 0.6 is 10.7 Å². The molecule has 0 radical (unpaired) electrons. The van der Waals surface area contributed by atoms with Gasteiger partial charge in [-0.05, 0) is 0 Å². The zero-order valence-corrected chi connectivity index (χ0v) is 6.15. The Hall–Kier alpha value is 0.160. The molecular weight excluding hydrogens is 166 g/mol. The second kappa shape index (κ2) is 1.82. The van der Waals surface area contributed by atoms with Gasteiger partial charge in [0.2, 0.25) is 0 Å². The zero-order valence-electron chi connectivity index (χ0n) is 4.58. The van der Waals surface area contributed by atoms with Crippen LogP contribution in [0.25, 0.3) is 0 Å². The van der Waals surface area contributed by atoms with Crippen molar-refractivity contribution in [3.63, 3.8) is 0 Å². The van der Waals surface area contributed by atoms with Crippen LogP contribution in [-0.2, 0) is 9.24 Å². The first-order valence-corrected chi connectivity index (χ1v) is 4.75.